The van der Waals surface area contributed by atoms with E-state index < -0.39 is 11.7 Å². The Bertz CT molecular complexity index is 1180. The summed E-state index contributed by atoms with van der Waals surface area (Å²) in [6.45, 7) is 5.65. The van der Waals surface area contributed by atoms with Crippen molar-refractivity contribution in [2.24, 2.45) is 0 Å². The van der Waals surface area contributed by atoms with Gasteiger partial charge in [0.15, 0.2) is 5.69 Å². The van der Waals surface area contributed by atoms with E-state index in [0.29, 0.717) is 35.3 Å². The van der Waals surface area contributed by atoms with Gasteiger partial charge in [-0.15, -0.1) is 0 Å². The fraction of sp³-hybridized carbons (Fsp3) is 0.391. The third-order valence-corrected chi connectivity index (χ3v) is 5.13. The number of nitrogens with one attached hydrogen (secondary N) is 1. The smallest absolute Gasteiger partial charge is 0.419 e. The first-order valence-corrected chi connectivity index (χ1v) is 10.4. The lowest BCUT2D eigenvalue weighted by Crippen LogP contribution is -2.36. The molecule has 0 bridgehead atoms. The lowest BCUT2D eigenvalue weighted by molar-refractivity contribution is -0.139. The van der Waals surface area contributed by atoms with Crippen molar-refractivity contribution in [3.05, 3.63) is 53.1 Å². The molecule has 0 spiro atoms. The number of imidazole rings is 1. The topological polar surface area (TPSA) is 94.9 Å². The summed E-state index contributed by atoms with van der Waals surface area (Å²) < 4.78 is 46.5. The van der Waals surface area contributed by atoms with Gasteiger partial charge < -0.3 is 14.6 Å². The van der Waals surface area contributed by atoms with Crippen molar-refractivity contribution in [1.29, 1.82) is 5.26 Å². The summed E-state index contributed by atoms with van der Waals surface area (Å²) in [4.78, 5) is 24.4. The zero-order valence-electron chi connectivity index (χ0n) is 18.5. The van der Waals surface area contributed by atoms with Gasteiger partial charge in [-0.05, 0) is 44.0 Å². The number of benzene rings is 1. The average molecular weight is 459 g/mol. The highest BCUT2D eigenvalue weighted by atomic mass is 19.4. The number of carbonyl (C=O) groups excluding carboxylic acids is 1. The summed E-state index contributed by atoms with van der Waals surface area (Å²) in [5.74, 6) is -0.355. The Morgan fingerprint density at radius 1 is 1.30 bits per heavy atom. The molecule has 0 aliphatic carbocycles. The molecule has 1 amide bonds. The predicted octanol–water partition coefficient (Wildman–Crippen LogP) is 4.46. The Balaban J connectivity index is 1.76. The number of fused-ring (bicyclic) bond motifs is 1. The van der Waals surface area contributed by atoms with E-state index in [-0.39, 0.29) is 36.4 Å². The molecule has 2 aromatic heterocycles. The molecular weight excluding hydrogens is 435 g/mol. The molecule has 3 rings (SSSR count). The molecule has 0 saturated carbocycles. The molecule has 3 aromatic rings. The molecule has 0 aliphatic heterocycles. The van der Waals surface area contributed by atoms with Crippen LogP contribution in [0.2, 0.25) is 0 Å². The fourth-order valence-corrected chi connectivity index (χ4v) is 3.61. The van der Waals surface area contributed by atoms with Gasteiger partial charge >= 0.3 is 6.18 Å². The Kier molecular flexibility index (Phi) is 7.21. The van der Waals surface area contributed by atoms with Crippen LogP contribution in [0.25, 0.3) is 11.0 Å². The number of aromatic nitrogens is 3. The molecular formula is C23H24F3N5O2. The van der Waals surface area contributed by atoms with Gasteiger partial charge in [0.25, 0.3) is 0 Å². The first-order valence-electron chi connectivity index (χ1n) is 10.4. The molecule has 0 unspecified atom stereocenters. The lowest BCUT2D eigenvalue weighted by Gasteiger charge is -2.25. The van der Waals surface area contributed by atoms with Crippen LogP contribution in [0, 0.1) is 11.3 Å². The van der Waals surface area contributed by atoms with Crippen molar-refractivity contribution in [2.75, 3.05) is 13.2 Å². The van der Waals surface area contributed by atoms with Gasteiger partial charge in [0.05, 0.1) is 24.0 Å². The fourth-order valence-electron chi connectivity index (χ4n) is 3.61. The average Bonchev–Trinajstić information content (AvgIpc) is 3.21. The number of H-pyrrole nitrogens is 1. The van der Waals surface area contributed by atoms with E-state index in [1.165, 1.54) is 19.3 Å². The van der Waals surface area contributed by atoms with Crippen molar-refractivity contribution >= 4 is 16.9 Å². The van der Waals surface area contributed by atoms with E-state index in [0.717, 1.165) is 6.07 Å². The van der Waals surface area contributed by atoms with Crippen LogP contribution in [0.3, 0.4) is 0 Å². The van der Waals surface area contributed by atoms with E-state index >= 15 is 0 Å². The number of aromatic amines is 1. The van der Waals surface area contributed by atoms with Crippen LogP contribution in [0.1, 0.15) is 49.7 Å². The second-order valence-electron chi connectivity index (χ2n) is 7.89. The van der Waals surface area contributed by atoms with Gasteiger partial charge in [0.1, 0.15) is 17.3 Å². The molecule has 10 heteroatoms. The van der Waals surface area contributed by atoms with E-state index in [1.807, 2.05) is 19.9 Å². The number of hydrogen-bond acceptors (Lipinski definition) is 5. The van der Waals surface area contributed by atoms with Crippen LogP contribution in [-0.2, 0) is 17.4 Å². The number of nitrogens with zero attached hydrogens (tertiary/aromatic N) is 4. The van der Waals surface area contributed by atoms with Crippen molar-refractivity contribution in [1.82, 2.24) is 19.9 Å². The molecule has 33 heavy (non-hydrogen) atoms. The molecule has 0 saturated heterocycles. The first kappa shape index (κ1) is 24.0. The zero-order valence-corrected chi connectivity index (χ0v) is 18.5. The van der Waals surface area contributed by atoms with Gasteiger partial charge in [-0.2, -0.15) is 18.4 Å². The number of alkyl halides is 3. The molecule has 0 fully saturated rings. The molecule has 1 N–H and O–H groups in total. The Labute approximate surface area is 189 Å². The minimum atomic E-state index is -4.60. The number of carbonyl (C=O) groups is 1. The number of ether oxygens (including phenoxy) is 1. The minimum Gasteiger partial charge on any atom is -0.493 e. The highest BCUT2D eigenvalue weighted by molar-refractivity contribution is 5.79. The number of hydrogen-bond donors (Lipinski definition) is 1. The van der Waals surface area contributed by atoms with Crippen LogP contribution in [0.5, 0.6) is 5.75 Å². The van der Waals surface area contributed by atoms with E-state index in [1.54, 1.807) is 17.0 Å². The van der Waals surface area contributed by atoms with Gasteiger partial charge in [-0.25, -0.2) is 9.97 Å². The van der Waals surface area contributed by atoms with Gasteiger partial charge in [-0.1, -0.05) is 6.07 Å². The number of rotatable bonds is 8. The molecule has 2 heterocycles. The highest BCUT2D eigenvalue weighted by Gasteiger charge is 2.34. The summed E-state index contributed by atoms with van der Waals surface area (Å²) >= 11 is 0. The van der Waals surface area contributed by atoms with Crippen molar-refractivity contribution in [2.45, 2.75) is 45.8 Å². The first-order chi connectivity index (χ1) is 15.6. The van der Waals surface area contributed by atoms with Crippen LogP contribution < -0.4 is 4.74 Å². The number of pyridine rings is 1. The summed E-state index contributed by atoms with van der Waals surface area (Å²) in [5.41, 5.74) is 1.07. The third kappa shape index (κ3) is 5.80. The second kappa shape index (κ2) is 9.90. The Hall–Kier alpha value is -3.61. The number of amides is 1. The van der Waals surface area contributed by atoms with Crippen molar-refractivity contribution in [3.63, 3.8) is 0 Å². The van der Waals surface area contributed by atoms with Crippen LogP contribution in [0.4, 0.5) is 13.2 Å². The molecule has 0 aliphatic rings. The summed E-state index contributed by atoms with van der Waals surface area (Å²) in [5, 5.41) is 9.28. The predicted molar refractivity (Wildman–Crippen MR) is 115 cm³/mol. The maximum absolute atomic E-state index is 13.7. The number of halogens is 3. The van der Waals surface area contributed by atoms with Gasteiger partial charge in [-0.3, -0.25) is 4.79 Å². The van der Waals surface area contributed by atoms with E-state index in [2.05, 4.69) is 15.0 Å². The normalized spacial score (nSPS) is 11.6. The summed E-state index contributed by atoms with van der Waals surface area (Å²) in [7, 11) is 0. The molecule has 0 atom stereocenters. The maximum Gasteiger partial charge on any atom is 0.419 e. The number of nitriles is 1. The highest BCUT2D eigenvalue weighted by Crippen LogP contribution is 2.37. The minimum absolute atomic E-state index is 0.00339. The Morgan fingerprint density at radius 2 is 2.06 bits per heavy atom. The van der Waals surface area contributed by atoms with E-state index in [9.17, 15) is 23.2 Å². The third-order valence-electron chi connectivity index (χ3n) is 5.13. The monoisotopic (exact) mass is 459 g/mol. The van der Waals surface area contributed by atoms with Crippen LogP contribution in [-0.4, -0.2) is 45.0 Å². The van der Waals surface area contributed by atoms with E-state index in [4.69, 9.17) is 4.74 Å². The van der Waals surface area contributed by atoms with Crippen molar-refractivity contribution in [3.8, 4) is 11.8 Å². The largest absolute Gasteiger partial charge is 0.493 e. The molecule has 7 nitrogen and oxygen atoms in total. The van der Waals surface area contributed by atoms with Gasteiger partial charge in [0.2, 0.25) is 5.91 Å². The standard InChI is InChI=1S/C23H24F3N5O2/c1-14(2)31(15(3)32)7-4-8-33-21-6-5-16(10-18(21)23(24,25)26)9-17-11-19-22(29-13-28-19)20(12-27)30-17/h5-6,10-11,13-14H,4,7-9H2,1-3H3,(H,28,29). The molecule has 0 radical (unpaired) electrons. The summed E-state index contributed by atoms with van der Waals surface area (Å²) in [6.07, 6.45) is -2.66. The maximum atomic E-state index is 13.7. The molecule has 1 aromatic carbocycles. The van der Waals surface area contributed by atoms with Crippen molar-refractivity contribution < 1.29 is 22.7 Å². The quantitative estimate of drug-likeness (QED) is 0.502. The van der Waals surface area contributed by atoms with Crippen LogP contribution >= 0.6 is 0 Å². The lowest BCUT2D eigenvalue weighted by atomic mass is 10.0. The Morgan fingerprint density at radius 3 is 2.70 bits per heavy atom. The van der Waals surface area contributed by atoms with Crippen LogP contribution in [0.15, 0.2) is 30.6 Å². The van der Waals surface area contributed by atoms with Gasteiger partial charge in [0, 0.05) is 31.6 Å². The molecule has 174 valence electrons. The zero-order chi connectivity index (χ0) is 24.2. The second-order valence-corrected chi connectivity index (χ2v) is 7.89. The summed E-state index contributed by atoms with van der Waals surface area (Å²) in [6, 6.07) is 7.51. The SMILES string of the molecule is CC(=O)N(CCCOc1ccc(Cc2cc3[nH]cnc3c(C#N)n2)cc1C(F)(F)F)C(C)C.